The maximum absolute atomic E-state index is 5.01. The second-order valence-corrected chi connectivity index (χ2v) is 17.3. The van der Waals surface area contributed by atoms with Crippen molar-refractivity contribution in [3.63, 3.8) is 0 Å². The lowest BCUT2D eigenvalue weighted by atomic mass is 10.0. The van der Waals surface area contributed by atoms with Gasteiger partial charge < -0.3 is 9.80 Å². The van der Waals surface area contributed by atoms with Crippen molar-refractivity contribution in [2.45, 2.75) is 36.5 Å². The molecule has 7 aromatic rings. The van der Waals surface area contributed by atoms with Gasteiger partial charge in [0.1, 0.15) is 0 Å². The van der Waals surface area contributed by atoms with E-state index in [1.54, 1.807) is 11.8 Å². The molecule has 0 saturated carbocycles. The van der Waals surface area contributed by atoms with Crippen molar-refractivity contribution in [1.29, 1.82) is 0 Å². The molecule has 60 heavy (non-hydrogen) atoms. The van der Waals surface area contributed by atoms with Gasteiger partial charge in [-0.05, 0) is 111 Å². The minimum Gasteiger partial charge on any atom is -0.312 e. The molecule has 0 radical (unpaired) electrons. The van der Waals surface area contributed by atoms with E-state index < -0.39 is 0 Å². The Balaban J connectivity index is 0.977. The van der Waals surface area contributed by atoms with Crippen molar-refractivity contribution in [2.24, 2.45) is 0 Å². The number of hydrogen-bond donors (Lipinski definition) is 0. The summed E-state index contributed by atoms with van der Waals surface area (Å²) in [6.45, 7) is 8.87. The molecule has 6 aromatic carbocycles. The molecule has 290 valence electrons. The van der Waals surface area contributed by atoms with Crippen LogP contribution in [0, 0.1) is 6.92 Å². The molecule has 0 unspecified atom stereocenters. The van der Waals surface area contributed by atoms with Gasteiger partial charge in [-0.3, -0.25) is 0 Å². The second-order valence-electron chi connectivity index (χ2n) is 15.0. The van der Waals surface area contributed by atoms with Crippen LogP contribution in [-0.2, 0) is 0 Å². The van der Waals surface area contributed by atoms with Gasteiger partial charge in [-0.2, -0.15) is 0 Å². The van der Waals surface area contributed by atoms with Crippen molar-refractivity contribution in [1.82, 2.24) is 15.0 Å². The summed E-state index contributed by atoms with van der Waals surface area (Å²) in [6, 6.07) is 53.1. The Morgan fingerprint density at radius 1 is 0.600 bits per heavy atom. The fourth-order valence-electron chi connectivity index (χ4n) is 7.93. The molecular weight excluding hydrogens is 771 g/mol. The number of hydrogen-bond acceptors (Lipinski definition) is 7. The van der Waals surface area contributed by atoms with Crippen LogP contribution in [0.15, 0.2) is 214 Å². The van der Waals surface area contributed by atoms with Gasteiger partial charge >= 0.3 is 0 Å². The van der Waals surface area contributed by atoms with Gasteiger partial charge in [0, 0.05) is 53.4 Å². The largest absolute Gasteiger partial charge is 0.312 e. The zero-order chi connectivity index (χ0) is 40.6. The summed E-state index contributed by atoms with van der Waals surface area (Å²) in [5.41, 5.74) is 13.1. The van der Waals surface area contributed by atoms with Crippen molar-refractivity contribution in [3.05, 3.63) is 215 Å². The molecule has 5 nitrogen and oxygen atoms in total. The lowest BCUT2D eigenvalue weighted by Crippen LogP contribution is -2.22. The average molecular weight is 812 g/mol. The van der Waals surface area contributed by atoms with Gasteiger partial charge in [-0.1, -0.05) is 139 Å². The van der Waals surface area contributed by atoms with Crippen LogP contribution < -0.4 is 9.80 Å². The van der Waals surface area contributed by atoms with Crippen molar-refractivity contribution >= 4 is 51.8 Å². The number of nitrogens with zero attached hydrogens (tertiary/aromatic N) is 5. The molecule has 0 amide bonds. The van der Waals surface area contributed by atoms with Crippen LogP contribution in [0.1, 0.15) is 30.9 Å². The van der Waals surface area contributed by atoms with Crippen LogP contribution in [0.3, 0.4) is 0 Å². The maximum atomic E-state index is 5.01. The SMILES string of the molecule is C=C(/C=C\C1=C(C)Sc2ccccc2N1c1ccc(-c2nc(-c3ccccc3)nc(-c3cccc(C)c3)n2)cc1)c1ccc2c(c1)SC1=C(CCC=C1)N2c1ccccc1. The molecule has 0 atom stereocenters. The van der Waals surface area contributed by atoms with E-state index in [1.807, 2.05) is 48.2 Å². The zero-order valence-electron chi connectivity index (χ0n) is 33.4. The number of thioether (sulfide) groups is 2. The van der Waals surface area contributed by atoms with E-state index in [2.05, 4.69) is 170 Å². The molecule has 0 bridgehead atoms. The number of rotatable bonds is 8. The van der Waals surface area contributed by atoms with Crippen LogP contribution in [-0.4, -0.2) is 15.0 Å². The van der Waals surface area contributed by atoms with E-state index in [1.165, 1.54) is 36.7 Å². The molecule has 2 aliphatic heterocycles. The van der Waals surface area contributed by atoms with Crippen molar-refractivity contribution in [3.8, 4) is 34.2 Å². The smallest absolute Gasteiger partial charge is 0.164 e. The first-order valence-electron chi connectivity index (χ1n) is 20.2. The molecule has 1 aromatic heterocycles. The Kier molecular flexibility index (Phi) is 10.1. The number of anilines is 4. The van der Waals surface area contributed by atoms with E-state index in [9.17, 15) is 0 Å². The molecule has 10 rings (SSSR count). The third-order valence-corrected chi connectivity index (χ3v) is 13.1. The van der Waals surface area contributed by atoms with Gasteiger partial charge in [-0.25, -0.2) is 15.0 Å². The number of allylic oxidation sites excluding steroid dienone is 7. The van der Waals surface area contributed by atoms with Gasteiger partial charge in [0.2, 0.25) is 0 Å². The monoisotopic (exact) mass is 811 g/mol. The molecule has 0 spiro atoms. The summed E-state index contributed by atoms with van der Waals surface area (Å²) in [5, 5.41) is 0. The van der Waals surface area contributed by atoms with E-state index >= 15 is 0 Å². The fourth-order valence-corrected chi connectivity index (χ4v) is 10.1. The Labute approximate surface area is 360 Å². The number of aryl methyl sites for hydroxylation is 1. The zero-order valence-corrected chi connectivity index (χ0v) is 35.1. The van der Waals surface area contributed by atoms with E-state index in [-0.39, 0.29) is 0 Å². The van der Waals surface area contributed by atoms with Crippen LogP contribution in [0.4, 0.5) is 22.7 Å². The van der Waals surface area contributed by atoms with Crippen LogP contribution in [0.25, 0.3) is 39.7 Å². The van der Waals surface area contributed by atoms with E-state index in [4.69, 9.17) is 15.0 Å². The molecule has 3 aliphatic rings. The highest BCUT2D eigenvalue weighted by Gasteiger charge is 2.28. The third-order valence-electron chi connectivity index (χ3n) is 10.9. The summed E-state index contributed by atoms with van der Waals surface area (Å²) in [7, 11) is 0. The Bertz CT molecular complexity index is 2910. The van der Waals surface area contributed by atoms with E-state index in [0.717, 1.165) is 63.3 Å². The third kappa shape index (κ3) is 7.31. The minimum absolute atomic E-state index is 0.631. The lowest BCUT2D eigenvalue weighted by Gasteiger charge is -2.36. The standard InChI is InChI=1S/C53H41N5S2/c1-35-15-14-18-41(33-35)53-55-51(38-16-6-4-7-17-38)54-52(56-53)39-26-29-43(30-27-39)57-44(37(3)59-48-23-12-10-21-45(48)57)31-25-36(2)40-28-32-47-50(34-40)60-49-24-13-11-22-46(49)58(47)42-19-8-5-9-20-42/h4-10,12-21,23-34H,2,11,22H2,1,3H3/b31-25-. The lowest BCUT2D eigenvalue weighted by molar-refractivity contribution is 0.903. The van der Waals surface area contributed by atoms with E-state index in [0.29, 0.717) is 17.5 Å². The second kappa shape index (κ2) is 16.2. The summed E-state index contributed by atoms with van der Waals surface area (Å²) in [4.78, 5) is 24.7. The molecule has 1 aliphatic carbocycles. The molecule has 0 N–H and O–H groups in total. The Morgan fingerprint density at radius 3 is 2.02 bits per heavy atom. The fraction of sp³-hybridized carbons (Fsp3) is 0.0755. The Morgan fingerprint density at radius 2 is 1.25 bits per heavy atom. The van der Waals surface area contributed by atoms with Gasteiger partial charge in [-0.15, -0.1) is 0 Å². The first kappa shape index (κ1) is 37.6. The highest BCUT2D eigenvalue weighted by molar-refractivity contribution is 8.03. The van der Waals surface area contributed by atoms with Crippen LogP contribution in [0.2, 0.25) is 0 Å². The topological polar surface area (TPSA) is 45.2 Å². The predicted octanol–water partition coefficient (Wildman–Crippen LogP) is 14.7. The first-order chi connectivity index (χ1) is 29.5. The van der Waals surface area contributed by atoms with Crippen LogP contribution >= 0.6 is 23.5 Å². The van der Waals surface area contributed by atoms with Gasteiger partial charge in [0.15, 0.2) is 17.5 Å². The first-order valence-corrected chi connectivity index (χ1v) is 21.8. The van der Waals surface area contributed by atoms with Crippen LogP contribution in [0.5, 0.6) is 0 Å². The van der Waals surface area contributed by atoms with Gasteiger partial charge in [0.05, 0.1) is 17.1 Å². The average Bonchev–Trinajstić information content (AvgIpc) is 3.30. The highest BCUT2D eigenvalue weighted by atomic mass is 32.2. The minimum atomic E-state index is 0.631. The summed E-state index contributed by atoms with van der Waals surface area (Å²) < 4.78 is 0. The number of benzene rings is 6. The quantitative estimate of drug-likeness (QED) is 0.142. The molecule has 0 fully saturated rings. The molecular formula is C53H41N5S2. The van der Waals surface area contributed by atoms with Gasteiger partial charge in [0.25, 0.3) is 0 Å². The van der Waals surface area contributed by atoms with Crippen molar-refractivity contribution < 1.29 is 0 Å². The number of fused-ring (bicyclic) bond motifs is 2. The van der Waals surface area contributed by atoms with Crippen molar-refractivity contribution in [2.75, 3.05) is 9.80 Å². The maximum Gasteiger partial charge on any atom is 0.164 e. The Hall–Kier alpha value is -6.67. The highest BCUT2D eigenvalue weighted by Crippen LogP contribution is 2.51. The summed E-state index contributed by atoms with van der Waals surface area (Å²) >= 11 is 3.66. The number of aromatic nitrogens is 3. The molecule has 7 heteroatoms. The number of para-hydroxylation sites is 2. The summed E-state index contributed by atoms with van der Waals surface area (Å²) in [5.74, 6) is 1.93. The normalized spacial score (nSPS) is 14.6. The molecule has 0 saturated heterocycles. The molecule has 3 heterocycles. The predicted molar refractivity (Wildman–Crippen MR) is 252 cm³/mol. The summed E-state index contributed by atoms with van der Waals surface area (Å²) in [6.07, 6.45) is 11.0.